The van der Waals surface area contributed by atoms with E-state index in [1.54, 1.807) is 7.11 Å². The molecule has 0 spiro atoms. The lowest BCUT2D eigenvalue weighted by molar-refractivity contribution is 0.00943. The number of carboxylic acid groups (broad SMARTS) is 1. The number of carboxylic acids is 1. The lowest BCUT2D eigenvalue weighted by atomic mass is 9.80. The van der Waals surface area contributed by atoms with Crippen molar-refractivity contribution in [3.63, 3.8) is 0 Å². The van der Waals surface area contributed by atoms with E-state index in [4.69, 9.17) is 14.2 Å². The summed E-state index contributed by atoms with van der Waals surface area (Å²) >= 11 is 0. The third-order valence-electron chi connectivity index (χ3n) is 8.32. The number of amides is 3. The van der Waals surface area contributed by atoms with Gasteiger partial charge in [-0.25, -0.2) is 14.5 Å². The van der Waals surface area contributed by atoms with Crippen LogP contribution in [0.1, 0.15) is 80.4 Å². The number of alkyl carbamates (subject to hydrolysis) is 1. The minimum atomic E-state index is -1.21. The fourth-order valence-electron chi connectivity index (χ4n) is 5.89. The average molecular weight is 651 g/mol. The molecule has 1 heterocycles. The molecular weight excluding hydrogens is 612 g/mol. The number of benzene rings is 4. The first-order valence-corrected chi connectivity index (χ1v) is 15.9. The van der Waals surface area contributed by atoms with E-state index in [-0.39, 0.29) is 16.7 Å². The van der Waals surface area contributed by atoms with Crippen LogP contribution in [-0.4, -0.2) is 60.4 Å². The molecule has 0 saturated heterocycles. The van der Waals surface area contributed by atoms with Gasteiger partial charge in [-0.15, -0.1) is 0 Å². The Bertz CT molecular complexity index is 1700. The fourth-order valence-corrected chi connectivity index (χ4v) is 5.89. The molecule has 0 aliphatic carbocycles. The van der Waals surface area contributed by atoms with Gasteiger partial charge in [-0.05, 0) is 66.8 Å². The van der Waals surface area contributed by atoms with Crippen molar-refractivity contribution in [2.45, 2.75) is 44.4 Å². The van der Waals surface area contributed by atoms with Gasteiger partial charge in [0, 0.05) is 13.2 Å². The van der Waals surface area contributed by atoms with Crippen LogP contribution >= 0.6 is 0 Å². The second-order valence-electron chi connectivity index (χ2n) is 11.4. The summed E-state index contributed by atoms with van der Waals surface area (Å²) in [5.74, 6) is -1.81. The van der Waals surface area contributed by atoms with E-state index in [9.17, 15) is 24.3 Å². The number of hydrogen-bond donors (Lipinski definition) is 2. The molecule has 0 fully saturated rings. The Labute approximate surface area is 279 Å². The van der Waals surface area contributed by atoms with Crippen LogP contribution < -0.4 is 10.1 Å². The lowest BCUT2D eigenvalue weighted by Crippen LogP contribution is -2.42. The molecule has 1 aliphatic rings. The zero-order chi connectivity index (χ0) is 34.1. The number of imide groups is 1. The van der Waals surface area contributed by atoms with Crippen LogP contribution in [-0.2, 0) is 15.1 Å². The number of nitrogens with zero attached hydrogens (tertiary/aromatic N) is 1. The van der Waals surface area contributed by atoms with E-state index in [2.05, 4.69) is 29.6 Å². The van der Waals surface area contributed by atoms with E-state index < -0.39 is 35.7 Å². The van der Waals surface area contributed by atoms with Crippen LogP contribution in [0.25, 0.3) is 0 Å². The van der Waals surface area contributed by atoms with Gasteiger partial charge in [-0.1, -0.05) is 85.6 Å². The molecule has 10 heteroatoms. The summed E-state index contributed by atoms with van der Waals surface area (Å²) in [7, 11) is 1.64. The van der Waals surface area contributed by atoms with Crippen LogP contribution in [0.2, 0.25) is 0 Å². The Morgan fingerprint density at radius 1 is 0.771 bits per heavy atom. The van der Waals surface area contributed by atoms with Gasteiger partial charge in [0.2, 0.25) is 0 Å². The zero-order valence-electron chi connectivity index (χ0n) is 26.9. The zero-order valence-corrected chi connectivity index (χ0v) is 26.9. The number of ether oxygens (including phenoxy) is 3. The highest BCUT2D eigenvalue weighted by Gasteiger charge is 2.40. The SMILES string of the molecule is COc1ccc(C(OCCCCCCNC(=O)OC(C)N2C(=O)c3ccc(C(=O)O)cc3C2=O)(c2ccccc2)c2ccccc2)cc1. The van der Waals surface area contributed by atoms with E-state index in [1.165, 1.54) is 19.1 Å². The maximum atomic E-state index is 12.8. The molecule has 0 saturated carbocycles. The molecule has 48 heavy (non-hydrogen) atoms. The highest BCUT2D eigenvalue weighted by molar-refractivity contribution is 6.22. The van der Waals surface area contributed by atoms with Crippen LogP contribution in [0.15, 0.2) is 103 Å². The van der Waals surface area contributed by atoms with E-state index in [0.29, 0.717) is 19.6 Å². The lowest BCUT2D eigenvalue weighted by Gasteiger charge is -2.36. The number of methoxy groups -OCH3 is 1. The van der Waals surface area contributed by atoms with Crippen LogP contribution in [0.5, 0.6) is 5.75 Å². The predicted molar refractivity (Wildman–Crippen MR) is 178 cm³/mol. The monoisotopic (exact) mass is 650 g/mol. The van der Waals surface area contributed by atoms with Gasteiger partial charge in [0.05, 0.1) is 23.8 Å². The molecule has 2 N–H and O–H groups in total. The molecule has 4 aromatic rings. The molecule has 4 aromatic carbocycles. The number of aromatic carboxylic acids is 1. The number of hydrogen-bond acceptors (Lipinski definition) is 7. The van der Waals surface area contributed by atoms with Gasteiger partial charge >= 0.3 is 12.1 Å². The van der Waals surface area contributed by atoms with Crippen molar-refractivity contribution >= 4 is 23.9 Å². The van der Waals surface area contributed by atoms with Gasteiger partial charge in [0.1, 0.15) is 11.4 Å². The fraction of sp³-hybridized carbons (Fsp3) is 0.263. The number of nitrogens with one attached hydrogen (secondary N) is 1. The molecule has 10 nitrogen and oxygen atoms in total. The number of unbranched alkanes of at least 4 members (excludes halogenated alkanes) is 3. The first-order valence-electron chi connectivity index (χ1n) is 15.9. The second kappa shape index (κ2) is 15.4. The first kappa shape index (κ1) is 33.9. The van der Waals surface area contributed by atoms with E-state index >= 15 is 0 Å². The van der Waals surface area contributed by atoms with Crippen molar-refractivity contribution in [3.05, 3.63) is 137 Å². The molecule has 0 radical (unpaired) electrons. The minimum Gasteiger partial charge on any atom is -0.497 e. The van der Waals surface area contributed by atoms with E-state index in [1.807, 2.05) is 60.7 Å². The van der Waals surface area contributed by atoms with Crippen molar-refractivity contribution in [1.82, 2.24) is 10.2 Å². The topological polar surface area (TPSA) is 131 Å². The largest absolute Gasteiger partial charge is 0.497 e. The number of carbonyl (C=O) groups is 4. The standard InChI is InChI=1S/C38H38N2O8/c1-26(40-34(41)32-22-17-27(36(43)44)25-33(32)35(40)42)48-37(45)39-23-11-3-4-12-24-47-38(28-13-7-5-8-14-28,29-15-9-6-10-16-29)30-18-20-31(46-2)21-19-30/h5-10,13-22,25-26H,3-4,11-12,23-24H2,1-2H3,(H,39,45)(H,43,44). The van der Waals surface area contributed by atoms with Gasteiger partial charge in [-0.3, -0.25) is 9.59 Å². The highest BCUT2D eigenvalue weighted by atomic mass is 16.6. The van der Waals surface area contributed by atoms with Crippen molar-refractivity contribution in [1.29, 1.82) is 0 Å². The van der Waals surface area contributed by atoms with Crippen molar-refractivity contribution < 1.29 is 38.5 Å². The highest BCUT2D eigenvalue weighted by Crippen LogP contribution is 2.41. The molecule has 0 bridgehead atoms. The molecule has 1 atom stereocenters. The molecule has 1 aliphatic heterocycles. The van der Waals surface area contributed by atoms with Gasteiger partial charge in [0.15, 0.2) is 6.23 Å². The van der Waals surface area contributed by atoms with Gasteiger partial charge in [-0.2, -0.15) is 0 Å². The van der Waals surface area contributed by atoms with Gasteiger partial charge < -0.3 is 24.6 Å². The third kappa shape index (κ3) is 7.24. The van der Waals surface area contributed by atoms with Crippen LogP contribution in [0, 0.1) is 0 Å². The summed E-state index contributed by atoms with van der Waals surface area (Å²) in [6.45, 7) is 2.26. The van der Waals surface area contributed by atoms with E-state index in [0.717, 1.165) is 52.7 Å². The molecule has 5 rings (SSSR count). The molecule has 0 aromatic heterocycles. The molecule has 248 valence electrons. The van der Waals surface area contributed by atoms with Crippen LogP contribution in [0.4, 0.5) is 4.79 Å². The summed E-state index contributed by atoms with van der Waals surface area (Å²) in [5.41, 5.74) is 2.12. The molecule has 1 unspecified atom stereocenters. The minimum absolute atomic E-state index is 0.0338. The van der Waals surface area contributed by atoms with Crippen molar-refractivity contribution in [2.75, 3.05) is 20.3 Å². The van der Waals surface area contributed by atoms with Crippen molar-refractivity contribution in [3.8, 4) is 5.75 Å². The maximum Gasteiger partial charge on any atom is 0.409 e. The smallest absolute Gasteiger partial charge is 0.409 e. The summed E-state index contributed by atoms with van der Waals surface area (Å²) in [6.07, 6.45) is 1.24. The molecule has 3 amide bonds. The Morgan fingerprint density at radius 3 is 1.96 bits per heavy atom. The molecular formula is C38H38N2O8. The predicted octanol–water partition coefficient (Wildman–Crippen LogP) is 6.63. The van der Waals surface area contributed by atoms with Crippen molar-refractivity contribution in [2.24, 2.45) is 0 Å². The van der Waals surface area contributed by atoms with Gasteiger partial charge in [0.25, 0.3) is 11.8 Å². The quantitative estimate of drug-likeness (QED) is 0.0833. The summed E-state index contributed by atoms with van der Waals surface area (Å²) in [4.78, 5) is 50.1. The summed E-state index contributed by atoms with van der Waals surface area (Å²) in [5, 5.41) is 11.9. The number of fused-ring (bicyclic) bond motifs is 1. The normalized spacial score (nSPS) is 13.2. The summed E-state index contributed by atoms with van der Waals surface area (Å²) < 4.78 is 17.5. The Hall–Kier alpha value is -5.48. The number of rotatable bonds is 15. The van der Waals surface area contributed by atoms with Crippen LogP contribution in [0.3, 0.4) is 0 Å². The maximum absolute atomic E-state index is 12.8. The second-order valence-corrected chi connectivity index (χ2v) is 11.4. The first-order chi connectivity index (χ1) is 23.3. The number of carbonyl (C=O) groups excluding carboxylic acids is 3. The Kier molecular flexibility index (Phi) is 10.9. The Morgan fingerprint density at radius 2 is 1.35 bits per heavy atom. The summed E-state index contributed by atoms with van der Waals surface area (Å²) in [6, 6.07) is 32.0. The average Bonchev–Trinajstić information content (AvgIpc) is 3.37. The Balaban J connectivity index is 1.11. The third-order valence-corrected chi connectivity index (χ3v) is 8.32.